The Kier molecular flexibility index (Phi) is 7.30. The molecule has 5 heteroatoms. The number of hydrogen-bond donors (Lipinski definition) is 2. The van der Waals surface area contributed by atoms with Crippen LogP contribution in [0.25, 0.3) is 0 Å². The van der Waals surface area contributed by atoms with Crippen molar-refractivity contribution >= 4 is 5.97 Å². The van der Waals surface area contributed by atoms with E-state index in [4.69, 9.17) is 9.47 Å². The number of ether oxygens (including phenoxy) is 2. The second-order valence-electron chi connectivity index (χ2n) is 8.16. The summed E-state index contributed by atoms with van der Waals surface area (Å²) in [7, 11) is 1.44. The van der Waals surface area contributed by atoms with Crippen molar-refractivity contribution in [3.8, 4) is 11.5 Å². The first kappa shape index (κ1) is 22.0. The minimum Gasteiger partial charge on any atom is -0.504 e. The summed E-state index contributed by atoms with van der Waals surface area (Å²) in [5.74, 6) is -0.0594. The highest BCUT2D eigenvalue weighted by Gasteiger charge is 2.29. The number of rotatable bonds is 4. The molecule has 5 nitrogen and oxygen atoms in total. The molecule has 0 radical (unpaired) electrons. The molecule has 0 aliphatic heterocycles. The summed E-state index contributed by atoms with van der Waals surface area (Å²) >= 11 is 0. The topological polar surface area (TPSA) is 76.0 Å². The molecule has 0 saturated carbocycles. The number of methoxy groups -OCH3 is 1. The number of hydrogen-bond acceptors (Lipinski definition) is 5. The van der Waals surface area contributed by atoms with Gasteiger partial charge in [-0.3, -0.25) is 0 Å². The highest BCUT2D eigenvalue weighted by Crippen LogP contribution is 2.31. The van der Waals surface area contributed by atoms with E-state index in [0.717, 1.165) is 12.0 Å². The molecule has 0 spiro atoms. The lowest BCUT2D eigenvalue weighted by atomic mass is 9.83. The maximum absolute atomic E-state index is 12.8. The van der Waals surface area contributed by atoms with E-state index in [9.17, 15) is 15.0 Å². The van der Waals surface area contributed by atoms with Gasteiger partial charge in [-0.1, -0.05) is 37.6 Å². The SMILES string of the molecule is COc1cc(C(=O)O[C@H]2CC(C)=CCC[C@](C)(O)C=C[C@H]2C(C)C)ccc1O. The molecule has 1 aliphatic rings. The molecular formula is C23H32O5. The summed E-state index contributed by atoms with van der Waals surface area (Å²) in [6.45, 7) is 8.00. The van der Waals surface area contributed by atoms with Crippen LogP contribution >= 0.6 is 0 Å². The molecule has 1 aromatic rings. The number of allylic oxidation sites excluding steroid dienone is 1. The summed E-state index contributed by atoms with van der Waals surface area (Å²) in [6, 6.07) is 4.42. The lowest BCUT2D eigenvalue weighted by Crippen LogP contribution is -2.31. The van der Waals surface area contributed by atoms with Gasteiger partial charge in [0.15, 0.2) is 11.5 Å². The monoisotopic (exact) mass is 388 g/mol. The van der Waals surface area contributed by atoms with Crippen LogP contribution in [0.1, 0.15) is 57.3 Å². The number of aliphatic hydroxyl groups is 1. The number of benzene rings is 1. The van der Waals surface area contributed by atoms with E-state index in [-0.39, 0.29) is 29.4 Å². The van der Waals surface area contributed by atoms with Crippen LogP contribution in [0.3, 0.4) is 0 Å². The molecule has 2 N–H and O–H groups in total. The Morgan fingerprint density at radius 1 is 1.32 bits per heavy atom. The van der Waals surface area contributed by atoms with Crippen molar-refractivity contribution < 1.29 is 24.5 Å². The van der Waals surface area contributed by atoms with Gasteiger partial charge < -0.3 is 19.7 Å². The third kappa shape index (κ3) is 5.86. The van der Waals surface area contributed by atoms with Gasteiger partial charge in [0, 0.05) is 12.3 Å². The van der Waals surface area contributed by atoms with Crippen LogP contribution in [0.5, 0.6) is 11.5 Å². The summed E-state index contributed by atoms with van der Waals surface area (Å²) in [6.07, 6.45) is 7.63. The number of aromatic hydroxyl groups is 1. The van der Waals surface area contributed by atoms with Gasteiger partial charge >= 0.3 is 5.97 Å². The van der Waals surface area contributed by atoms with Crippen LogP contribution in [0.4, 0.5) is 0 Å². The molecule has 0 unspecified atom stereocenters. The lowest BCUT2D eigenvalue weighted by Gasteiger charge is -2.30. The summed E-state index contributed by atoms with van der Waals surface area (Å²) < 4.78 is 11.0. The Morgan fingerprint density at radius 2 is 2.04 bits per heavy atom. The van der Waals surface area contributed by atoms with Crippen molar-refractivity contribution in [1.29, 1.82) is 0 Å². The molecule has 28 heavy (non-hydrogen) atoms. The Balaban J connectivity index is 2.32. The van der Waals surface area contributed by atoms with Crippen LogP contribution in [0, 0.1) is 11.8 Å². The first-order chi connectivity index (χ1) is 13.1. The molecule has 3 atom stereocenters. The van der Waals surface area contributed by atoms with Gasteiger partial charge in [0.2, 0.25) is 0 Å². The molecule has 0 heterocycles. The van der Waals surface area contributed by atoms with E-state index in [1.807, 2.05) is 19.1 Å². The van der Waals surface area contributed by atoms with E-state index in [2.05, 4.69) is 19.9 Å². The zero-order chi connectivity index (χ0) is 20.9. The number of esters is 1. The average Bonchev–Trinajstić information content (AvgIpc) is 2.60. The molecular weight excluding hydrogens is 356 g/mol. The third-order valence-electron chi connectivity index (χ3n) is 5.22. The zero-order valence-corrected chi connectivity index (χ0v) is 17.4. The third-order valence-corrected chi connectivity index (χ3v) is 5.22. The first-order valence-electron chi connectivity index (χ1n) is 9.78. The quantitative estimate of drug-likeness (QED) is 0.581. The van der Waals surface area contributed by atoms with E-state index in [1.54, 1.807) is 6.92 Å². The van der Waals surface area contributed by atoms with Crippen molar-refractivity contribution in [2.45, 2.75) is 58.7 Å². The predicted octanol–water partition coefficient (Wildman–Crippen LogP) is 4.64. The molecule has 2 rings (SSSR count). The van der Waals surface area contributed by atoms with Gasteiger partial charge in [-0.15, -0.1) is 0 Å². The Hall–Kier alpha value is -2.27. The van der Waals surface area contributed by atoms with Gasteiger partial charge in [-0.25, -0.2) is 4.79 Å². The molecule has 0 fully saturated rings. The van der Waals surface area contributed by atoms with Crippen molar-refractivity contribution in [1.82, 2.24) is 0 Å². The van der Waals surface area contributed by atoms with Crippen LogP contribution in [-0.4, -0.2) is 35.0 Å². The Bertz CT molecular complexity index is 745. The molecule has 0 bridgehead atoms. The minimum absolute atomic E-state index is 0.0262. The normalized spacial score (nSPS) is 25.9. The number of carbonyl (C=O) groups is 1. The second kappa shape index (κ2) is 9.28. The van der Waals surface area contributed by atoms with Gasteiger partial charge in [0.1, 0.15) is 6.10 Å². The maximum atomic E-state index is 12.8. The van der Waals surface area contributed by atoms with Crippen LogP contribution in [-0.2, 0) is 4.74 Å². The van der Waals surface area contributed by atoms with Crippen molar-refractivity contribution in [2.24, 2.45) is 11.8 Å². The van der Waals surface area contributed by atoms with Gasteiger partial charge in [0.25, 0.3) is 0 Å². The fourth-order valence-corrected chi connectivity index (χ4v) is 3.46. The van der Waals surface area contributed by atoms with Crippen molar-refractivity contribution in [3.05, 3.63) is 47.6 Å². The van der Waals surface area contributed by atoms with E-state index >= 15 is 0 Å². The van der Waals surface area contributed by atoms with E-state index in [1.165, 1.54) is 25.3 Å². The van der Waals surface area contributed by atoms with Crippen LogP contribution < -0.4 is 4.74 Å². The van der Waals surface area contributed by atoms with Crippen LogP contribution in [0.2, 0.25) is 0 Å². The standard InChI is InChI=1S/C23H32O5/c1-15(2)18-10-12-23(4,26)11-6-7-16(3)13-20(18)28-22(25)17-8-9-19(24)21(14-17)27-5/h7-10,12,14-15,18,20,24,26H,6,11,13H2,1-5H3/t18-,20-,23-/m0/s1. The fourth-order valence-electron chi connectivity index (χ4n) is 3.46. The van der Waals surface area contributed by atoms with E-state index < -0.39 is 11.6 Å². The van der Waals surface area contributed by atoms with Crippen LogP contribution in [0.15, 0.2) is 42.0 Å². The Morgan fingerprint density at radius 3 is 2.68 bits per heavy atom. The van der Waals surface area contributed by atoms with Crippen molar-refractivity contribution in [3.63, 3.8) is 0 Å². The number of phenolic OH excluding ortho intramolecular Hbond substituents is 1. The summed E-state index contributed by atoms with van der Waals surface area (Å²) in [5.41, 5.74) is 0.574. The smallest absolute Gasteiger partial charge is 0.338 e. The van der Waals surface area contributed by atoms with Crippen molar-refractivity contribution in [2.75, 3.05) is 7.11 Å². The Labute approximate surface area is 167 Å². The number of phenols is 1. The van der Waals surface area contributed by atoms with Gasteiger partial charge in [0.05, 0.1) is 18.3 Å². The van der Waals surface area contributed by atoms with E-state index in [0.29, 0.717) is 18.4 Å². The summed E-state index contributed by atoms with van der Waals surface area (Å²) in [5, 5.41) is 20.3. The largest absolute Gasteiger partial charge is 0.504 e. The molecule has 154 valence electrons. The second-order valence-corrected chi connectivity index (χ2v) is 8.16. The predicted molar refractivity (Wildman–Crippen MR) is 110 cm³/mol. The highest BCUT2D eigenvalue weighted by molar-refractivity contribution is 5.90. The molecule has 1 aliphatic carbocycles. The lowest BCUT2D eigenvalue weighted by molar-refractivity contribution is 0.0139. The maximum Gasteiger partial charge on any atom is 0.338 e. The fraction of sp³-hybridized carbons (Fsp3) is 0.522. The summed E-state index contributed by atoms with van der Waals surface area (Å²) in [4.78, 5) is 12.8. The van der Waals surface area contributed by atoms with Gasteiger partial charge in [-0.05, 0) is 50.8 Å². The molecule has 0 amide bonds. The molecule has 0 aromatic heterocycles. The number of carbonyl (C=O) groups excluding carboxylic acids is 1. The average molecular weight is 389 g/mol. The van der Waals surface area contributed by atoms with Gasteiger partial charge in [-0.2, -0.15) is 0 Å². The molecule has 0 saturated heterocycles. The highest BCUT2D eigenvalue weighted by atomic mass is 16.5. The zero-order valence-electron chi connectivity index (χ0n) is 17.4. The first-order valence-corrected chi connectivity index (χ1v) is 9.78. The molecule has 1 aromatic carbocycles. The minimum atomic E-state index is -0.889.